The monoisotopic (exact) mass is 315 g/mol. The molecule has 2 N–H and O–H groups in total. The number of aryl methyl sites for hydroxylation is 2. The molecule has 0 radical (unpaired) electrons. The molecular weight excluding hydrogens is 302 g/mol. The molecular formula is C15H14BrN3. The Morgan fingerprint density at radius 1 is 1.16 bits per heavy atom. The number of rotatable bonds is 1. The van der Waals surface area contributed by atoms with Crippen LogP contribution in [0.1, 0.15) is 5.56 Å². The van der Waals surface area contributed by atoms with Gasteiger partial charge in [0.25, 0.3) is 0 Å². The van der Waals surface area contributed by atoms with Crippen molar-refractivity contribution in [2.45, 2.75) is 6.92 Å². The molecule has 0 atom stereocenters. The fourth-order valence-electron chi connectivity index (χ4n) is 2.42. The van der Waals surface area contributed by atoms with Crippen LogP contribution in [0, 0.1) is 6.92 Å². The molecule has 0 amide bonds. The number of nitrogen functional groups attached to an aromatic ring is 1. The lowest BCUT2D eigenvalue weighted by atomic mass is 10.2. The normalized spacial score (nSPS) is 11.1. The Morgan fingerprint density at radius 2 is 1.84 bits per heavy atom. The molecule has 0 saturated carbocycles. The van der Waals surface area contributed by atoms with Crippen molar-refractivity contribution >= 4 is 32.7 Å². The largest absolute Gasteiger partial charge is 0.399 e. The summed E-state index contributed by atoms with van der Waals surface area (Å²) in [6.07, 6.45) is 0. The molecule has 0 saturated heterocycles. The van der Waals surface area contributed by atoms with Gasteiger partial charge in [0, 0.05) is 22.8 Å². The Morgan fingerprint density at radius 3 is 2.53 bits per heavy atom. The summed E-state index contributed by atoms with van der Waals surface area (Å²) in [6.45, 7) is 2.10. The van der Waals surface area contributed by atoms with Gasteiger partial charge in [-0.15, -0.1) is 0 Å². The van der Waals surface area contributed by atoms with Gasteiger partial charge >= 0.3 is 0 Å². The minimum absolute atomic E-state index is 0.765. The van der Waals surface area contributed by atoms with E-state index in [2.05, 4.69) is 33.5 Å². The third-order valence-corrected chi connectivity index (χ3v) is 3.75. The van der Waals surface area contributed by atoms with Gasteiger partial charge in [-0.05, 0) is 48.9 Å². The third kappa shape index (κ3) is 2.02. The maximum absolute atomic E-state index is 5.73. The van der Waals surface area contributed by atoms with Crippen molar-refractivity contribution in [1.29, 1.82) is 0 Å². The molecule has 3 aromatic rings. The molecule has 2 aromatic carbocycles. The molecule has 0 spiro atoms. The van der Waals surface area contributed by atoms with E-state index in [0.29, 0.717) is 0 Å². The first-order valence-electron chi connectivity index (χ1n) is 6.05. The van der Waals surface area contributed by atoms with Gasteiger partial charge in [-0.1, -0.05) is 15.9 Å². The lowest BCUT2D eigenvalue weighted by Gasteiger charge is -2.04. The number of imidazole rings is 1. The summed E-state index contributed by atoms with van der Waals surface area (Å²) < 4.78 is 3.18. The standard InChI is InChI=1S/C15H14BrN3/c1-9-7-11(16)8-13-14(9)19(2)15(18-13)10-3-5-12(17)6-4-10/h3-8H,17H2,1-2H3. The number of nitrogens with zero attached hydrogens (tertiary/aromatic N) is 2. The van der Waals surface area contributed by atoms with Crippen LogP contribution in [-0.4, -0.2) is 9.55 Å². The molecule has 0 fully saturated rings. The lowest BCUT2D eigenvalue weighted by molar-refractivity contribution is 0.955. The van der Waals surface area contributed by atoms with Crippen LogP contribution < -0.4 is 5.73 Å². The van der Waals surface area contributed by atoms with Crippen molar-refractivity contribution in [3.63, 3.8) is 0 Å². The van der Waals surface area contributed by atoms with Gasteiger partial charge in [-0.3, -0.25) is 0 Å². The van der Waals surface area contributed by atoms with E-state index in [9.17, 15) is 0 Å². The molecule has 3 nitrogen and oxygen atoms in total. The highest BCUT2D eigenvalue weighted by atomic mass is 79.9. The number of anilines is 1. The molecule has 19 heavy (non-hydrogen) atoms. The first kappa shape index (κ1) is 12.2. The van der Waals surface area contributed by atoms with Gasteiger partial charge in [0.15, 0.2) is 0 Å². The van der Waals surface area contributed by atoms with Crippen LogP contribution in [0.5, 0.6) is 0 Å². The van der Waals surface area contributed by atoms with Crippen LogP contribution in [0.3, 0.4) is 0 Å². The zero-order valence-corrected chi connectivity index (χ0v) is 12.4. The second-order valence-electron chi connectivity index (χ2n) is 4.71. The van der Waals surface area contributed by atoms with Gasteiger partial charge in [-0.25, -0.2) is 4.98 Å². The van der Waals surface area contributed by atoms with E-state index >= 15 is 0 Å². The van der Waals surface area contributed by atoms with Gasteiger partial charge in [0.2, 0.25) is 0 Å². The van der Waals surface area contributed by atoms with E-state index in [4.69, 9.17) is 10.7 Å². The van der Waals surface area contributed by atoms with E-state index in [-0.39, 0.29) is 0 Å². The predicted octanol–water partition coefficient (Wildman–Crippen LogP) is 3.89. The van der Waals surface area contributed by atoms with Crippen LogP contribution in [0.25, 0.3) is 22.4 Å². The van der Waals surface area contributed by atoms with Crippen molar-refractivity contribution in [3.8, 4) is 11.4 Å². The SMILES string of the molecule is Cc1cc(Br)cc2nc(-c3ccc(N)cc3)n(C)c12. The van der Waals surface area contributed by atoms with E-state index in [0.717, 1.165) is 32.6 Å². The Kier molecular flexibility index (Phi) is 2.82. The molecule has 0 aliphatic carbocycles. The van der Waals surface area contributed by atoms with E-state index in [1.54, 1.807) is 0 Å². The second-order valence-corrected chi connectivity index (χ2v) is 5.62. The average Bonchev–Trinajstić information content (AvgIpc) is 2.67. The van der Waals surface area contributed by atoms with Crippen LogP contribution >= 0.6 is 15.9 Å². The van der Waals surface area contributed by atoms with Gasteiger partial charge in [0.1, 0.15) is 5.82 Å². The molecule has 3 rings (SSSR count). The van der Waals surface area contributed by atoms with E-state index in [1.807, 2.05) is 37.4 Å². The number of fused-ring (bicyclic) bond motifs is 1. The predicted molar refractivity (Wildman–Crippen MR) is 83.0 cm³/mol. The van der Waals surface area contributed by atoms with Crippen molar-refractivity contribution in [2.24, 2.45) is 7.05 Å². The minimum atomic E-state index is 0.765. The maximum atomic E-state index is 5.73. The molecule has 96 valence electrons. The lowest BCUT2D eigenvalue weighted by Crippen LogP contribution is -1.94. The zero-order chi connectivity index (χ0) is 13.6. The summed E-state index contributed by atoms with van der Waals surface area (Å²) in [5, 5.41) is 0. The number of aromatic nitrogens is 2. The Bertz CT molecular complexity index is 757. The minimum Gasteiger partial charge on any atom is -0.399 e. The van der Waals surface area contributed by atoms with Crippen molar-refractivity contribution in [1.82, 2.24) is 9.55 Å². The number of hydrogen-bond acceptors (Lipinski definition) is 2. The summed E-state index contributed by atoms with van der Waals surface area (Å²) >= 11 is 3.52. The number of nitrogens with two attached hydrogens (primary N) is 1. The topological polar surface area (TPSA) is 43.8 Å². The van der Waals surface area contributed by atoms with Crippen molar-refractivity contribution in [3.05, 3.63) is 46.4 Å². The van der Waals surface area contributed by atoms with Crippen LogP contribution in [0.15, 0.2) is 40.9 Å². The highest BCUT2D eigenvalue weighted by Gasteiger charge is 2.12. The second kappa shape index (κ2) is 4.38. The Labute approximate surface area is 120 Å². The van der Waals surface area contributed by atoms with E-state index < -0.39 is 0 Å². The van der Waals surface area contributed by atoms with Crippen LogP contribution in [0.2, 0.25) is 0 Å². The maximum Gasteiger partial charge on any atom is 0.140 e. The molecule has 0 bridgehead atoms. The number of benzene rings is 2. The fourth-order valence-corrected chi connectivity index (χ4v) is 2.99. The van der Waals surface area contributed by atoms with Crippen LogP contribution in [-0.2, 0) is 7.05 Å². The quantitative estimate of drug-likeness (QED) is 0.692. The summed E-state index contributed by atoms with van der Waals surface area (Å²) in [5.74, 6) is 0.955. The third-order valence-electron chi connectivity index (χ3n) is 3.29. The van der Waals surface area contributed by atoms with Gasteiger partial charge in [0.05, 0.1) is 11.0 Å². The molecule has 0 unspecified atom stereocenters. The average molecular weight is 316 g/mol. The number of hydrogen-bond donors (Lipinski definition) is 1. The van der Waals surface area contributed by atoms with Crippen LogP contribution in [0.4, 0.5) is 5.69 Å². The first-order valence-corrected chi connectivity index (χ1v) is 6.84. The van der Waals surface area contributed by atoms with Gasteiger partial charge in [-0.2, -0.15) is 0 Å². The summed E-state index contributed by atoms with van der Waals surface area (Å²) in [7, 11) is 2.04. The van der Waals surface area contributed by atoms with E-state index in [1.165, 1.54) is 5.56 Å². The first-order chi connectivity index (χ1) is 9.06. The molecule has 4 heteroatoms. The van der Waals surface area contributed by atoms with Gasteiger partial charge < -0.3 is 10.3 Å². The molecule has 0 aliphatic rings. The summed E-state index contributed by atoms with van der Waals surface area (Å²) in [5.41, 5.74) is 10.9. The fraction of sp³-hybridized carbons (Fsp3) is 0.133. The highest BCUT2D eigenvalue weighted by Crippen LogP contribution is 2.28. The molecule has 1 heterocycles. The van der Waals surface area contributed by atoms with Crippen molar-refractivity contribution < 1.29 is 0 Å². The summed E-state index contributed by atoms with van der Waals surface area (Å²) in [4.78, 5) is 4.73. The Hall–Kier alpha value is -1.81. The zero-order valence-electron chi connectivity index (χ0n) is 10.8. The Balaban J connectivity index is 2.28. The van der Waals surface area contributed by atoms with Crippen molar-refractivity contribution in [2.75, 3.05) is 5.73 Å². The molecule has 0 aliphatic heterocycles. The molecule has 1 aromatic heterocycles. The number of halogens is 1. The summed E-state index contributed by atoms with van der Waals surface area (Å²) in [6, 6.07) is 12.0. The highest BCUT2D eigenvalue weighted by molar-refractivity contribution is 9.10. The smallest absolute Gasteiger partial charge is 0.140 e.